The summed E-state index contributed by atoms with van der Waals surface area (Å²) in [6.07, 6.45) is -3.57. The van der Waals surface area contributed by atoms with Crippen LogP contribution in [0.4, 0.5) is 0 Å². The smallest absolute Gasteiger partial charge is 0.339 e. The monoisotopic (exact) mass is 422 g/mol. The molecule has 0 saturated carbocycles. The molecule has 0 radical (unpaired) electrons. The Hall–Kier alpha value is 0.640. The van der Waals surface area contributed by atoms with Crippen LogP contribution in [0.25, 0.3) is 0 Å². The van der Waals surface area contributed by atoms with Gasteiger partial charge in [-0.25, -0.2) is 9.59 Å². The van der Waals surface area contributed by atoms with E-state index in [1.807, 2.05) is 0 Å². The summed E-state index contributed by atoms with van der Waals surface area (Å²) in [5.74, 6) is -2.05. The molecule has 2 atom stereocenters. The van der Waals surface area contributed by atoms with Crippen molar-refractivity contribution in [1.29, 1.82) is 0 Å². The Morgan fingerprint density at radius 3 is 1.29 bits per heavy atom. The molecule has 0 aliphatic carbocycles. The maximum absolute atomic E-state index is 11.8. The molecular formula is C10H12Cl6O5. The van der Waals surface area contributed by atoms with Crippen molar-refractivity contribution in [3.63, 3.8) is 0 Å². The second-order valence-corrected chi connectivity index (χ2v) is 8.22. The van der Waals surface area contributed by atoms with Crippen molar-refractivity contribution in [2.75, 3.05) is 13.2 Å². The first-order valence-corrected chi connectivity index (χ1v) is 7.84. The minimum Gasteiger partial charge on any atom is -0.464 e. The van der Waals surface area contributed by atoms with Gasteiger partial charge >= 0.3 is 11.9 Å². The summed E-state index contributed by atoms with van der Waals surface area (Å²) < 4.78 is 9.95. The SMILES string of the molecule is CCOC(=O)[C@@H](O[C@H](C(=O)OCC)C(Cl)(Cl)Cl)C(Cl)(Cl)Cl. The standard InChI is InChI=1S/C10H12Cl6O5/c1-3-19-7(17)5(9(11,12)13)21-6(10(14,15)16)8(18)20-4-2/h5-6H,3-4H2,1-2H3/t5-,6-/m1/s1. The summed E-state index contributed by atoms with van der Waals surface area (Å²) in [5, 5.41) is 0. The zero-order valence-corrected chi connectivity index (χ0v) is 15.4. The maximum Gasteiger partial charge on any atom is 0.339 e. The minimum atomic E-state index is -2.24. The Labute approximate surface area is 152 Å². The number of halogens is 6. The van der Waals surface area contributed by atoms with Gasteiger partial charge in [0.05, 0.1) is 13.2 Å². The summed E-state index contributed by atoms with van der Waals surface area (Å²) >= 11 is 33.8. The van der Waals surface area contributed by atoms with Crippen molar-refractivity contribution in [1.82, 2.24) is 0 Å². The van der Waals surface area contributed by atoms with E-state index < -0.39 is 31.7 Å². The normalized spacial score (nSPS) is 15.2. The lowest BCUT2D eigenvalue weighted by atomic mass is 10.3. The van der Waals surface area contributed by atoms with Crippen LogP contribution in [-0.4, -0.2) is 44.9 Å². The van der Waals surface area contributed by atoms with Gasteiger partial charge in [-0.3, -0.25) is 0 Å². The molecule has 0 N–H and O–H groups in total. The van der Waals surface area contributed by atoms with E-state index in [1.54, 1.807) is 0 Å². The van der Waals surface area contributed by atoms with Crippen molar-refractivity contribution in [3.05, 3.63) is 0 Å². The lowest BCUT2D eigenvalue weighted by molar-refractivity contribution is -0.171. The summed E-state index contributed by atoms with van der Waals surface area (Å²) in [6.45, 7) is 3.06. The molecule has 0 fully saturated rings. The van der Waals surface area contributed by atoms with E-state index >= 15 is 0 Å². The Kier molecular flexibility index (Phi) is 9.34. The van der Waals surface area contributed by atoms with Crippen LogP contribution in [0.3, 0.4) is 0 Å². The lowest BCUT2D eigenvalue weighted by Crippen LogP contribution is -2.48. The van der Waals surface area contributed by atoms with E-state index in [4.69, 9.17) is 74.3 Å². The number of hydrogen-bond donors (Lipinski definition) is 0. The summed E-state index contributed by atoms with van der Waals surface area (Å²) in [4.78, 5) is 23.5. The number of carbonyl (C=O) groups is 2. The highest BCUT2D eigenvalue weighted by molar-refractivity contribution is 6.69. The van der Waals surface area contributed by atoms with Gasteiger partial charge in [-0.1, -0.05) is 69.6 Å². The van der Waals surface area contributed by atoms with Crippen molar-refractivity contribution >= 4 is 81.5 Å². The molecule has 0 heterocycles. The van der Waals surface area contributed by atoms with Gasteiger partial charge in [-0.2, -0.15) is 0 Å². The third-order valence-electron chi connectivity index (χ3n) is 1.87. The third kappa shape index (κ3) is 7.64. The molecule has 0 bridgehead atoms. The molecule has 0 aliphatic heterocycles. The minimum absolute atomic E-state index is 0.00270. The van der Waals surface area contributed by atoms with Crippen LogP contribution in [0.1, 0.15) is 13.8 Å². The Morgan fingerprint density at radius 2 is 1.10 bits per heavy atom. The topological polar surface area (TPSA) is 61.8 Å². The molecule has 5 nitrogen and oxygen atoms in total. The van der Waals surface area contributed by atoms with Crippen molar-refractivity contribution in [2.45, 2.75) is 33.6 Å². The Balaban J connectivity index is 5.32. The van der Waals surface area contributed by atoms with Gasteiger partial charge in [0.15, 0.2) is 0 Å². The fourth-order valence-electron chi connectivity index (χ4n) is 1.10. The van der Waals surface area contributed by atoms with E-state index in [1.165, 1.54) is 13.8 Å². The fraction of sp³-hybridized carbons (Fsp3) is 0.800. The van der Waals surface area contributed by atoms with E-state index in [-0.39, 0.29) is 13.2 Å². The van der Waals surface area contributed by atoms with E-state index in [2.05, 4.69) is 9.47 Å². The van der Waals surface area contributed by atoms with Crippen LogP contribution < -0.4 is 0 Å². The van der Waals surface area contributed by atoms with Crippen LogP contribution in [0.5, 0.6) is 0 Å². The van der Waals surface area contributed by atoms with Gasteiger partial charge in [-0.15, -0.1) is 0 Å². The number of esters is 2. The average Bonchev–Trinajstić information content (AvgIpc) is 2.26. The van der Waals surface area contributed by atoms with E-state index in [0.29, 0.717) is 0 Å². The third-order valence-corrected chi connectivity index (χ3v) is 3.06. The zero-order chi connectivity index (χ0) is 16.8. The van der Waals surface area contributed by atoms with E-state index in [9.17, 15) is 9.59 Å². The average molecular weight is 425 g/mol. The van der Waals surface area contributed by atoms with Crippen LogP contribution in [-0.2, 0) is 23.8 Å². The largest absolute Gasteiger partial charge is 0.464 e. The summed E-state index contributed by atoms with van der Waals surface area (Å²) in [5.41, 5.74) is 0. The predicted molar refractivity (Wildman–Crippen MR) is 82.5 cm³/mol. The number of hydrogen-bond acceptors (Lipinski definition) is 5. The molecule has 0 aromatic heterocycles. The van der Waals surface area contributed by atoms with Crippen molar-refractivity contribution < 1.29 is 23.8 Å². The van der Waals surface area contributed by atoms with Gasteiger partial charge < -0.3 is 14.2 Å². The molecule has 0 unspecified atom stereocenters. The molecule has 0 aromatic carbocycles. The molecule has 0 aliphatic rings. The van der Waals surface area contributed by atoms with Gasteiger partial charge in [-0.05, 0) is 13.8 Å². The van der Waals surface area contributed by atoms with Gasteiger partial charge in [0.25, 0.3) is 0 Å². The molecule has 0 saturated heterocycles. The molecule has 0 spiro atoms. The Morgan fingerprint density at radius 1 is 0.810 bits per heavy atom. The number of rotatable bonds is 6. The first-order chi connectivity index (χ1) is 9.45. The second-order valence-electron chi connectivity index (χ2n) is 3.48. The van der Waals surface area contributed by atoms with Gasteiger partial charge in [0, 0.05) is 0 Å². The molecular weight excluding hydrogens is 413 g/mol. The highest BCUT2D eigenvalue weighted by atomic mass is 35.6. The van der Waals surface area contributed by atoms with Gasteiger partial charge in [0.1, 0.15) is 0 Å². The lowest BCUT2D eigenvalue weighted by Gasteiger charge is -2.29. The molecule has 0 rings (SSSR count). The molecule has 124 valence electrons. The predicted octanol–water partition coefficient (Wildman–Crippen LogP) is 3.61. The number of carbonyl (C=O) groups excluding carboxylic acids is 2. The Bertz CT molecular complexity index is 330. The maximum atomic E-state index is 11.8. The zero-order valence-electron chi connectivity index (χ0n) is 10.9. The van der Waals surface area contributed by atoms with E-state index in [0.717, 1.165) is 0 Å². The molecule has 21 heavy (non-hydrogen) atoms. The quantitative estimate of drug-likeness (QED) is 0.481. The highest BCUT2D eigenvalue weighted by Gasteiger charge is 2.49. The van der Waals surface area contributed by atoms with Crippen LogP contribution in [0.2, 0.25) is 0 Å². The second kappa shape index (κ2) is 9.06. The van der Waals surface area contributed by atoms with Crippen LogP contribution >= 0.6 is 69.6 Å². The number of ether oxygens (including phenoxy) is 3. The first-order valence-electron chi connectivity index (χ1n) is 5.57. The summed E-state index contributed by atoms with van der Waals surface area (Å²) in [7, 11) is 0. The molecule has 11 heteroatoms. The van der Waals surface area contributed by atoms with Crippen LogP contribution in [0.15, 0.2) is 0 Å². The highest BCUT2D eigenvalue weighted by Crippen LogP contribution is 2.39. The summed E-state index contributed by atoms with van der Waals surface area (Å²) in [6, 6.07) is 0. The molecule has 0 amide bonds. The first kappa shape index (κ1) is 21.6. The van der Waals surface area contributed by atoms with Crippen LogP contribution in [0, 0.1) is 0 Å². The molecule has 0 aromatic rings. The van der Waals surface area contributed by atoms with Gasteiger partial charge in [0.2, 0.25) is 19.8 Å². The fourth-order valence-corrected chi connectivity index (χ4v) is 1.95. The number of alkyl halides is 6. The van der Waals surface area contributed by atoms with Crippen molar-refractivity contribution in [3.8, 4) is 0 Å². The van der Waals surface area contributed by atoms with Crippen molar-refractivity contribution in [2.24, 2.45) is 0 Å².